The first kappa shape index (κ1) is 13.1. The van der Waals surface area contributed by atoms with Gasteiger partial charge in [-0.25, -0.2) is 0 Å². The highest BCUT2D eigenvalue weighted by Crippen LogP contribution is 2.22. The van der Waals surface area contributed by atoms with Crippen LogP contribution in [0.5, 0.6) is 0 Å². The normalized spacial score (nSPS) is 12.2. The van der Waals surface area contributed by atoms with E-state index in [1.54, 1.807) is 18.1 Å². The summed E-state index contributed by atoms with van der Waals surface area (Å²) in [6.07, 6.45) is 1.56. The van der Waals surface area contributed by atoms with Crippen LogP contribution in [0.4, 0.5) is 5.69 Å². The molecule has 0 saturated heterocycles. The fourth-order valence-electron chi connectivity index (χ4n) is 1.97. The van der Waals surface area contributed by atoms with Crippen molar-refractivity contribution in [3.63, 3.8) is 0 Å². The van der Waals surface area contributed by atoms with E-state index in [-0.39, 0.29) is 11.9 Å². The molecule has 0 aliphatic rings. The van der Waals surface area contributed by atoms with Gasteiger partial charge in [0.15, 0.2) is 0 Å². The van der Waals surface area contributed by atoms with Crippen molar-refractivity contribution in [2.75, 3.05) is 12.8 Å². The summed E-state index contributed by atoms with van der Waals surface area (Å²) in [6, 6.07) is 7.52. The zero-order valence-corrected chi connectivity index (χ0v) is 11.3. The van der Waals surface area contributed by atoms with E-state index in [9.17, 15) is 4.79 Å². The van der Waals surface area contributed by atoms with E-state index in [1.165, 1.54) is 0 Å². The van der Waals surface area contributed by atoms with Gasteiger partial charge in [-0.2, -0.15) is 5.10 Å². The molecule has 5 nitrogen and oxygen atoms in total. The number of carbonyl (C=O) groups excluding carboxylic acids is 1. The number of hydrogen-bond acceptors (Lipinski definition) is 3. The first-order valence-electron chi connectivity index (χ1n) is 6.13. The van der Waals surface area contributed by atoms with Gasteiger partial charge in [-0.1, -0.05) is 12.1 Å². The highest BCUT2D eigenvalue weighted by atomic mass is 16.2. The van der Waals surface area contributed by atoms with E-state index in [1.807, 2.05) is 38.1 Å². The number of aromatic amines is 1. The van der Waals surface area contributed by atoms with E-state index in [0.717, 1.165) is 11.3 Å². The predicted molar refractivity (Wildman–Crippen MR) is 74.7 cm³/mol. The minimum atomic E-state index is -0.0545. The molecular formula is C14H18N4O. The Morgan fingerprint density at radius 3 is 2.79 bits per heavy atom. The Labute approximate surface area is 112 Å². The van der Waals surface area contributed by atoms with Crippen LogP contribution in [0, 0.1) is 6.92 Å². The Morgan fingerprint density at radius 1 is 1.47 bits per heavy atom. The van der Waals surface area contributed by atoms with Gasteiger partial charge in [-0.05, 0) is 31.5 Å². The number of nitrogens with zero attached hydrogens (tertiary/aromatic N) is 2. The highest BCUT2D eigenvalue weighted by molar-refractivity contribution is 5.95. The molecule has 1 aromatic carbocycles. The number of aromatic nitrogens is 2. The third-order valence-corrected chi connectivity index (χ3v) is 3.35. The van der Waals surface area contributed by atoms with Crippen molar-refractivity contribution in [3.8, 4) is 0 Å². The Bertz CT molecular complexity index is 591. The van der Waals surface area contributed by atoms with E-state index in [4.69, 9.17) is 5.73 Å². The molecule has 0 saturated carbocycles. The lowest BCUT2D eigenvalue weighted by Crippen LogP contribution is -2.29. The van der Waals surface area contributed by atoms with Gasteiger partial charge < -0.3 is 10.6 Å². The van der Waals surface area contributed by atoms with Gasteiger partial charge in [0.05, 0.1) is 17.8 Å². The van der Waals surface area contributed by atoms with Crippen LogP contribution in [0.1, 0.15) is 34.6 Å². The maximum Gasteiger partial charge on any atom is 0.257 e. The minimum absolute atomic E-state index is 0.0506. The number of nitrogens with one attached hydrogen (secondary N) is 1. The van der Waals surface area contributed by atoms with Gasteiger partial charge >= 0.3 is 0 Å². The van der Waals surface area contributed by atoms with Gasteiger partial charge in [-0.15, -0.1) is 0 Å². The van der Waals surface area contributed by atoms with E-state index in [2.05, 4.69) is 10.2 Å². The smallest absolute Gasteiger partial charge is 0.257 e. The molecule has 19 heavy (non-hydrogen) atoms. The third-order valence-electron chi connectivity index (χ3n) is 3.35. The Hall–Kier alpha value is -2.30. The molecule has 2 aromatic rings. The number of rotatable bonds is 3. The molecular weight excluding hydrogens is 240 g/mol. The number of nitrogen functional groups attached to an aromatic ring is 1. The Kier molecular flexibility index (Phi) is 3.55. The Balaban J connectivity index is 2.22. The molecule has 2 rings (SSSR count). The third kappa shape index (κ3) is 2.59. The second kappa shape index (κ2) is 5.14. The summed E-state index contributed by atoms with van der Waals surface area (Å²) in [5.74, 6) is -0.0545. The molecule has 1 heterocycles. The van der Waals surface area contributed by atoms with Crippen LogP contribution in [0.25, 0.3) is 0 Å². The number of H-pyrrole nitrogens is 1. The van der Waals surface area contributed by atoms with Crippen LogP contribution in [0.15, 0.2) is 30.5 Å². The summed E-state index contributed by atoms with van der Waals surface area (Å²) < 4.78 is 0. The van der Waals surface area contributed by atoms with Crippen LogP contribution < -0.4 is 5.73 Å². The molecule has 5 heteroatoms. The number of aryl methyl sites for hydroxylation is 1. The molecule has 0 aliphatic carbocycles. The molecule has 0 radical (unpaired) electrons. The van der Waals surface area contributed by atoms with Crippen molar-refractivity contribution >= 4 is 11.6 Å². The van der Waals surface area contributed by atoms with Crippen LogP contribution >= 0.6 is 0 Å². The van der Waals surface area contributed by atoms with Gasteiger partial charge in [0, 0.05) is 18.4 Å². The van der Waals surface area contributed by atoms with Gasteiger partial charge in [0.25, 0.3) is 5.91 Å². The second-order valence-electron chi connectivity index (χ2n) is 4.67. The SMILES string of the molecule is Cc1[nH]ncc1C(=O)N(C)C(C)c1cccc(N)c1. The van der Waals surface area contributed by atoms with Crippen LogP contribution in [0.3, 0.4) is 0 Å². The topological polar surface area (TPSA) is 75.0 Å². The molecule has 100 valence electrons. The van der Waals surface area contributed by atoms with Crippen LogP contribution in [0.2, 0.25) is 0 Å². The van der Waals surface area contributed by atoms with E-state index in [0.29, 0.717) is 11.3 Å². The maximum atomic E-state index is 12.4. The van der Waals surface area contributed by atoms with Crippen molar-refractivity contribution in [2.45, 2.75) is 19.9 Å². The molecule has 0 bridgehead atoms. The van der Waals surface area contributed by atoms with Gasteiger partial charge in [0.2, 0.25) is 0 Å². The summed E-state index contributed by atoms with van der Waals surface area (Å²) >= 11 is 0. The molecule has 1 unspecified atom stereocenters. The lowest BCUT2D eigenvalue weighted by atomic mass is 10.1. The summed E-state index contributed by atoms with van der Waals surface area (Å²) in [6.45, 7) is 3.81. The number of benzene rings is 1. The molecule has 3 N–H and O–H groups in total. The standard InChI is InChI=1S/C14H18N4O/c1-9-13(8-16-17-9)14(19)18(3)10(2)11-5-4-6-12(15)7-11/h4-8,10H,15H2,1-3H3,(H,16,17). The van der Waals surface area contributed by atoms with Crippen molar-refractivity contribution in [2.24, 2.45) is 0 Å². The molecule has 1 amide bonds. The Morgan fingerprint density at radius 2 is 2.21 bits per heavy atom. The van der Waals surface area contributed by atoms with Crippen LogP contribution in [-0.2, 0) is 0 Å². The van der Waals surface area contributed by atoms with Crippen molar-refractivity contribution in [1.29, 1.82) is 0 Å². The maximum absolute atomic E-state index is 12.4. The number of amides is 1. The van der Waals surface area contributed by atoms with Crippen LogP contribution in [-0.4, -0.2) is 28.1 Å². The van der Waals surface area contributed by atoms with E-state index >= 15 is 0 Å². The first-order chi connectivity index (χ1) is 9.00. The fraction of sp³-hybridized carbons (Fsp3) is 0.286. The molecule has 0 spiro atoms. The number of hydrogen-bond donors (Lipinski definition) is 2. The predicted octanol–water partition coefficient (Wildman–Crippen LogP) is 2.13. The number of carbonyl (C=O) groups is 1. The minimum Gasteiger partial charge on any atom is -0.399 e. The molecule has 1 aromatic heterocycles. The first-order valence-corrected chi connectivity index (χ1v) is 6.13. The van der Waals surface area contributed by atoms with Crippen molar-refractivity contribution in [1.82, 2.24) is 15.1 Å². The zero-order valence-electron chi connectivity index (χ0n) is 11.3. The molecule has 0 aliphatic heterocycles. The lowest BCUT2D eigenvalue weighted by molar-refractivity contribution is 0.0742. The zero-order chi connectivity index (χ0) is 14.0. The highest BCUT2D eigenvalue weighted by Gasteiger charge is 2.21. The fourth-order valence-corrected chi connectivity index (χ4v) is 1.97. The van der Waals surface area contributed by atoms with Gasteiger partial charge in [0.1, 0.15) is 0 Å². The summed E-state index contributed by atoms with van der Waals surface area (Å²) in [7, 11) is 1.78. The molecule has 1 atom stereocenters. The summed E-state index contributed by atoms with van der Waals surface area (Å²) in [4.78, 5) is 14.0. The average molecular weight is 258 g/mol. The number of nitrogens with two attached hydrogens (primary N) is 1. The second-order valence-corrected chi connectivity index (χ2v) is 4.67. The summed E-state index contributed by atoms with van der Waals surface area (Å²) in [5.41, 5.74) is 8.85. The average Bonchev–Trinajstić information content (AvgIpc) is 2.82. The van der Waals surface area contributed by atoms with Crippen molar-refractivity contribution < 1.29 is 4.79 Å². The quantitative estimate of drug-likeness (QED) is 0.828. The molecule has 0 fully saturated rings. The lowest BCUT2D eigenvalue weighted by Gasteiger charge is -2.25. The van der Waals surface area contributed by atoms with E-state index < -0.39 is 0 Å². The number of anilines is 1. The van der Waals surface area contributed by atoms with Gasteiger partial charge in [-0.3, -0.25) is 9.89 Å². The largest absolute Gasteiger partial charge is 0.399 e. The van der Waals surface area contributed by atoms with Crippen molar-refractivity contribution in [3.05, 3.63) is 47.3 Å². The summed E-state index contributed by atoms with van der Waals surface area (Å²) in [5, 5.41) is 6.65. The monoisotopic (exact) mass is 258 g/mol.